The van der Waals surface area contributed by atoms with Gasteiger partial charge in [0.25, 0.3) is 5.91 Å². The lowest BCUT2D eigenvalue weighted by Crippen LogP contribution is -2.36. The number of rotatable bonds is 9. The Kier molecular flexibility index (Phi) is 8.10. The fourth-order valence-corrected chi connectivity index (χ4v) is 2.54. The molecule has 0 aliphatic rings. The van der Waals surface area contributed by atoms with Crippen molar-refractivity contribution in [2.45, 2.75) is 20.8 Å². The Morgan fingerprint density at radius 2 is 1.50 bits per heavy atom. The Labute approximate surface area is 174 Å². The molecule has 0 bridgehead atoms. The van der Waals surface area contributed by atoms with Gasteiger partial charge in [-0.15, -0.1) is 0 Å². The van der Waals surface area contributed by atoms with E-state index < -0.39 is 18.5 Å². The predicted octanol–water partition coefficient (Wildman–Crippen LogP) is 2.18. The van der Waals surface area contributed by atoms with Crippen molar-refractivity contribution < 1.29 is 28.7 Å². The van der Waals surface area contributed by atoms with E-state index >= 15 is 0 Å². The molecule has 0 unspecified atom stereocenters. The van der Waals surface area contributed by atoms with Gasteiger partial charge in [0.15, 0.2) is 19.0 Å². The van der Waals surface area contributed by atoms with Crippen LogP contribution in [-0.2, 0) is 19.1 Å². The standard InChI is InChI=1S/C22H24N2O6/c1-14-5-4-6-15(2)22(14)24-19(26)11-23-20(27)12-30-21(28)13-29-18-9-7-17(8-10-18)16(3)25/h4-10H,11-13H2,1-3H3,(H,23,27)(H,24,26). The summed E-state index contributed by atoms with van der Waals surface area (Å²) in [6.45, 7) is 4.04. The largest absolute Gasteiger partial charge is 0.482 e. The lowest BCUT2D eigenvalue weighted by Gasteiger charge is -2.12. The quantitative estimate of drug-likeness (QED) is 0.482. The number of anilines is 1. The minimum absolute atomic E-state index is 0.0744. The first-order chi connectivity index (χ1) is 14.3. The second-order valence-corrected chi connectivity index (χ2v) is 6.62. The molecule has 0 radical (unpaired) electrons. The van der Waals surface area contributed by atoms with Gasteiger partial charge in [-0.3, -0.25) is 14.4 Å². The van der Waals surface area contributed by atoms with Crippen LogP contribution in [-0.4, -0.2) is 43.3 Å². The maximum absolute atomic E-state index is 12.0. The molecule has 2 amide bonds. The molecule has 0 aliphatic carbocycles. The van der Waals surface area contributed by atoms with Crippen molar-refractivity contribution in [3.8, 4) is 5.75 Å². The lowest BCUT2D eigenvalue weighted by atomic mass is 10.1. The van der Waals surface area contributed by atoms with Crippen molar-refractivity contribution in [3.05, 3.63) is 59.2 Å². The summed E-state index contributed by atoms with van der Waals surface area (Å²) in [6.07, 6.45) is 0. The summed E-state index contributed by atoms with van der Waals surface area (Å²) in [6, 6.07) is 11.9. The average Bonchev–Trinajstić information content (AvgIpc) is 2.72. The molecule has 2 aromatic rings. The van der Waals surface area contributed by atoms with Crippen LogP contribution in [0.15, 0.2) is 42.5 Å². The van der Waals surface area contributed by atoms with Gasteiger partial charge in [-0.05, 0) is 56.2 Å². The van der Waals surface area contributed by atoms with E-state index in [0.29, 0.717) is 17.0 Å². The van der Waals surface area contributed by atoms with Crippen LogP contribution in [0.2, 0.25) is 0 Å². The minimum Gasteiger partial charge on any atom is -0.482 e. The fourth-order valence-electron chi connectivity index (χ4n) is 2.54. The maximum Gasteiger partial charge on any atom is 0.344 e. The van der Waals surface area contributed by atoms with Gasteiger partial charge in [0.1, 0.15) is 5.75 Å². The zero-order chi connectivity index (χ0) is 22.1. The number of Topliss-reactive ketones (excluding diaryl/α,β-unsaturated/α-hetero) is 1. The van der Waals surface area contributed by atoms with Crippen molar-refractivity contribution in [1.29, 1.82) is 0 Å². The summed E-state index contributed by atoms with van der Waals surface area (Å²) in [7, 11) is 0. The summed E-state index contributed by atoms with van der Waals surface area (Å²) in [4.78, 5) is 46.7. The van der Waals surface area contributed by atoms with E-state index in [1.165, 1.54) is 6.92 Å². The molecule has 158 valence electrons. The molecule has 2 aromatic carbocycles. The number of para-hydroxylation sites is 1. The van der Waals surface area contributed by atoms with Crippen LogP contribution in [0.3, 0.4) is 0 Å². The van der Waals surface area contributed by atoms with Crippen molar-refractivity contribution in [3.63, 3.8) is 0 Å². The number of aryl methyl sites for hydroxylation is 2. The molecule has 0 heterocycles. The highest BCUT2D eigenvalue weighted by molar-refractivity contribution is 5.96. The third-order valence-corrected chi connectivity index (χ3v) is 4.17. The van der Waals surface area contributed by atoms with Crippen molar-refractivity contribution in [1.82, 2.24) is 5.32 Å². The van der Waals surface area contributed by atoms with E-state index in [1.54, 1.807) is 24.3 Å². The van der Waals surface area contributed by atoms with E-state index in [4.69, 9.17) is 9.47 Å². The number of hydrogen-bond donors (Lipinski definition) is 2. The van der Waals surface area contributed by atoms with Crippen LogP contribution in [0.5, 0.6) is 5.75 Å². The van der Waals surface area contributed by atoms with E-state index in [0.717, 1.165) is 11.1 Å². The molecule has 0 aromatic heterocycles. The maximum atomic E-state index is 12.0. The number of carbonyl (C=O) groups is 4. The highest BCUT2D eigenvalue weighted by atomic mass is 16.6. The number of ketones is 1. The number of ether oxygens (including phenoxy) is 2. The SMILES string of the molecule is CC(=O)c1ccc(OCC(=O)OCC(=O)NCC(=O)Nc2c(C)cccc2C)cc1. The van der Waals surface area contributed by atoms with Crippen LogP contribution >= 0.6 is 0 Å². The van der Waals surface area contributed by atoms with Gasteiger partial charge in [0.05, 0.1) is 6.54 Å². The molecule has 30 heavy (non-hydrogen) atoms. The van der Waals surface area contributed by atoms with Gasteiger partial charge in [-0.2, -0.15) is 0 Å². The van der Waals surface area contributed by atoms with Crippen LogP contribution in [0, 0.1) is 13.8 Å². The van der Waals surface area contributed by atoms with E-state index in [9.17, 15) is 19.2 Å². The molecular formula is C22H24N2O6. The molecule has 2 rings (SSSR count). The van der Waals surface area contributed by atoms with Gasteiger partial charge < -0.3 is 20.1 Å². The smallest absolute Gasteiger partial charge is 0.344 e. The van der Waals surface area contributed by atoms with Gasteiger partial charge >= 0.3 is 5.97 Å². The summed E-state index contributed by atoms with van der Waals surface area (Å²) in [5.41, 5.74) is 3.07. The molecule has 8 nitrogen and oxygen atoms in total. The number of amides is 2. The van der Waals surface area contributed by atoms with Crippen molar-refractivity contribution >= 4 is 29.3 Å². The topological polar surface area (TPSA) is 111 Å². The van der Waals surface area contributed by atoms with Gasteiger partial charge in [-0.1, -0.05) is 18.2 Å². The minimum atomic E-state index is -0.735. The average molecular weight is 412 g/mol. The van der Waals surface area contributed by atoms with Crippen LogP contribution in [0.4, 0.5) is 5.69 Å². The number of carbonyl (C=O) groups excluding carboxylic acids is 4. The molecule has 2 N–H and O–H groups in total. The second-order valence-electron chi connectivity index (χ2n) is 6.62. The Morgan fingerprint density at radius 1 is 0.867 bits per heavy atom. The summed E-state index contributed by atoms with van der Waals surface area (Å²) in [5, 5.41) is 5.13. The van der Waals surface area contributed by atoms with Gasteiger partial charge in [-0.25, -0.2) is 4.79 Å². The Morgan fingerprint density at radius 3 is 2.10 bits per heavy atom. The van der Waals surface area contributed by atoms with E-state index in [1.807, 2.05) is 32.0 Å². The van der Waals surface area contributed by atoms with Crippen molar-refractivity contribution in [2.75, 3.05) is 25.1 Å². The van der Waals surface area contributed by atoms with Gasteiger partial charge in [0, 0.05) is 11.3 Å². The van der Waals surface area contributed by atoms with Crippen LogP contribution in [0.1, 0.15) is 28.4 Å². The predicted molar refractivity (Wildman–Crippen MR) is 110 cm³/mol. The lowest BCUT2D eigenvalue weighted by molar-refractivity contribution is -0.150. The highest BCUT2D eigenvalue weighted by Gasteiger charge is 2.11. The first-order valence-corrected chi connectivity index (χ1v) is 9.28. The number of hydrogen-bond acceptors (Lipinski definition) is 6. The Balaban J connectivity index is 1.68. The summed E-state index contributed by atoms with van der Waals surface area (Å²) in [5.74, 6) is -1.41. The molecular weight excluding hydrogens is 388 g/mol. The van der Waals surface area contributed by atoms with E-state index in [-0.39, 0.29) is 24.8 Å². The summed E-state index contributed by atoms with van der Waals surface area (Å²) >= 11 is 0. The number of esters is 1. The molecule has 0 aliphatic heterocycles. The molecule has 0 fully saturated rings. The fraction of sp³-hybridized carbons (Fsp3) is 0.273. The first-order valence-electron chi connectivity index (χ1n) is 9.28. The first kappa shape index (κ1) is 22.6. The van der Waals surface area contributed by atoms with Crippen LogP contribution in [0.25, 0.3) is 0 Å². The monoisotopic (exact) mass is 412 g/mol. The van der Waals surface area contributed by atoms with Crippen molar-refractivity contribution in [2.24, 2.45) is 0 Å². The van der Waals surface area contributed by atoms with Gasteiger partial charge in [0.2, 0.25) is 5.91 Å². The Hall–Kier alpha value is -3.68. The molecule has 0 spiro atoms. The number of nitrogens with one attached hydrogen (secondary N) is 2. The molecule has 0 saturated heterocycles. The zero-order valence-electron chi connectivity index (χ0n) is 17.1. The normalized spacial score (nSPS) is 10.1. The van der Waals surface area contributed by atoms with E-state index in [2.05, 4.69) is 10.6 Å². The number of benzene rings is 2. The van der Waals surface area contributed by atoms with Crippen LogP contribution < -0.4 is 15.4 Å². The second kappa shape index (κ2) is 10.8. The summed E-state index contributed by atoms with van der Waals surface area (Å²) < 4.78 is 10.1. The highest BCUT2D eigenvalue weighted by Crippen LogP contribution is 2.19. The third kappa shape index (κ3) is 7.05. The molecule has 8 heteroatoms. The Bertz CT molecular complexity index is 917. The zero-order valence-corrected chi connectivity index (χ0v) is 17.1. The third-order valence-electron chi connectivity index (χ3n) is 4.17. The molecule has 0 atom stereocenters. The molecule has 0 saturated carbocycles.